The van der Waals surface area contributed by atoms with Crippen LogP contribution in [0.25, 0.3) is 0 Å². The Hall–Kier alpha value is -0.770. The summed E-state index contributed by atoms with van der Waals surface area (Å²) in [5, 5.41) is 18.9. The summed E-state index contributed by atoms with van der Waals surface area (Å²) in [6, 6.07) is 0.0335. The highest BCUT2D eigenvalue weighted by atomic mass is 16.4. The Labute approximate surface area is 89.9 Å². The highest BCUT2D eigenvalue weighted by molar-refractivity contribution is 5.65. The molecule has 1 aliphatic heterocycles. The molecule has 0 aromatic rings. The van der Waals surface area contributed by atoms with Crippen LogP contribution in [-0.4, -0.2) is 39.4 Å². The number of amides is 1. The van der Waals surface area contributed by atoms with E-state index in [2.05, 4.69) is 6.92 Å². The molecule has 2 aliphatic rings. The van der Waals surface area contributed by atoms with Crippen molar-refractivity contribution in [2.75, 3.05) is 6.54 Å². The van der Waals surface area contributed by atoms with Crippen LogP contribution in [-0.2, 0) is 0 Å². The van der Waals surface area contributed by atoms with Crippen molar-refractivity contribution in [2.45, 2.75) is 50.7 Å². The molecule has 0 aromatic carbocycles. The number of nitrogens with zero attached hydrogens (tertiary/aromatic N) is 1. The summed E-state index contributed by atoms with van der Waals surface area (Å²) in [5.74, 6) is 0.450. The molecule has 2 unspecified atom stereocenters. The van der Waals surface area contributed by atoms with Crippen molar-refractivity contribution in [1.29, 1.82) is 0 Å². The second-order valence-electron chi connectivity index (χ2n) is 5.20. The lowest BCUT2D eigenvalue weighted by atomic mass is 9.91. The molecule has 0 radical (unpaired) electrons. The van der Waals surface area contributed by atoms with Crippen LogP contribution in [0.1, 0.15) is 39.0 Å². The third-order valence-electron chi connectivity index (χ3n) is 3.63. The van der Waals surface area contributed by atoms with Gasteiger partial charge in [0.15, 0.2) is 0 Å². The van der Waals surface area contributed by atoms with E-state index in [1.807, 2.05) is 0 Å². The Morgan fingerprint density at radius 2 is 2.13 bits per heavy atom. The first-order chi connectivity index (χ1) is 7.00. The zero-order valence-electron chi connectivity index (χ0n) is 9.15. The Morgan fingerprint density at radius 3 is 2.67 bits per heavy atom. The summed E-state index contributed by atoms with van der Waals surface area (Å²) in [6.07, 6.45) is 3.45. The van der Waals surface area contributed by atoms with Gasteiger partial charge in [-0.3, -0.25) is 0 Å². The number of hydrogen-bond acceptors (Lipinski definition) is 2. The zero-order valence-corrected chi connectivity index (χ0v) is 9.15. The molecule has 2 atom stereocenters. The molecule has 86 valence electrons. The monoisotopic (exact) mass is 213 g/mol. The Kier molecular flexibility index (Phi) is 2.63. The number of hydrogen-bond donors (Lipinski definition) is 2. The number of carbonyl (C=O) groups is 1. The van der Waals surface area contributed by atoms with E-state index >= 15 is 0 Å². The molecule has 2 N–H and O–H groups in total. The molecule has 0 bridgehead atoms. The van der Waals surface area contributed by atoms with Gasteiger partial charge in [-0.05, 0) is 38.0 Å². The van der Waals surface area contributed by atoms with E-state index < -0.39 is 11.7 Å². The van der Waals surface area contributed by atoms with Gasteiger partial charge in [-0.25, -0.2) is 4.79 Å². The Morgan fingerprint density at radius 1 is 1.47 bits per heavy atom. The van der Waals surface area contributed by atoms with E-state index in [1.165, 1.54) is 4.90 Å². The van der Waals surface area contributed by atoms with Crippen LogP contribution in [0.2, 0.25) is 0 Å². The summed E-state index contributed by atoms with van der Waals surface area (Å²) in [7, 11) is 0. The lowest BCUT2D eigenvalue weighted by Crippen LogP contribution is -2.47. The minimum atomic E-state index is -0.837. The molecule has 0 aromatic heterocycles. The van der Waals surface area contributed by atoms with Gasteiger partial charge in [-0.15, -0.1) is 0 Å². The van der Waals surface area contributed by atoms with Crippen molar-refractivity contribution in [2.24, 2.45) is 5.92 Å². The number of aliphatic hydroxyl groups is 1. The van der Waals surface area contributed by atoms with Crippen molar-refractivity contribution in [3.8, 4) is 0 Å². The largest absolute Gasteiger partial charge is 0.465 e. The van der Waals surface area contributed by atoms with E-state index in [4.69, 9.17) is 5.11 Å². The first kappa shape index (κ1) is 10.7. The van der Waals surface area contributed by atoms with Gasteiger partial charge in [-0.2, -0.15) is 0 Å². The summed E-state index contributed by atoms with van der Waals surface area (Å²) in [5.41, 5.74) is -0.543. The van der Waals surface area contributed by atoms with Crippen LogP contribution < -0.4 is 0 Å². The summed E-state index contributed by atoms with van der Waals surface area (Å²) < 4.78 is 0. The molecule has 15 heavy (non-hydrogen) atoms. The van der Waals surface area contributed by atoms with Gasteiger partial charge >= 0.3 is 6.09 Å². The smallest absolute Gasteiger partial charge is 0.407 e. The second kappa shape index (κ2) is 3.67. The topological polar surface area (TPSA) is 60.8 Å². The number of piperidine rings is 1. The maximum Gasteiger partial charge on any atom is 0.407 e. The molecule has 1 saturated heterocycles. The van der Waals surface area contributed by atoms with E-state index in [0.29, 0.717) is 18.9 Å². The first-order valence-corrected chi connectivity index (χ1v) is 5.72. The number of rotatable bonds is 2. The maximum atomic E-state index is 11.1. The molecule has 1 aliphatic carbocycles. The second-order valence-corrected chi connectivity index (χ2v) is 5.20. The Balaban J connectivity index is 1.98. The van der Waals surface area contributed by atoms with Crippen molar-refractivity contribution < 1.29 is 15.0 Å². The average Bonchev–Trinajstić information content (AvgIpc) is 2.87. The van der Waals surface area contributed by atoms with E-state index in [-0.39, 0.29) is 6.04 Å². The van der Waals surface area contributed by atoms with Crippen molar-refractivity contribution in [1.82, 2.24) is 4.90 Å². The predicted molar refractivity (Wildman–Crippen MR) is 55.7 cm³/mol. The molecule has 0 spiro atoms. The van der Waals surface area contributed by atoms with Crippen LogP contribution >= 0.6 is 0 Å². The summed E-state index contributed by atoms with van der Waals surface area (Å²) >= 11 is 0. The molecule has 1 amide bonds. The molecule has 4 nitrogen and oxygen atoms in total. The molecule has 4 heteroatoms. The fourth-order valence-electron chi connectivity index (χ4n) is 2.44. The SMILES string of the molecule is CC1CCC(CC2(O)CC2)N(C(=O)O)C1. The maximum absolute atomic E-state index is 11.1. The van der Waals surface area contributed by atoms with Gasteiger partial charge in [0.2, 0.25) is 0 Å². The van der Waals surface area contributed by atoms with Crippen molar-refractivity contribution in [3.05, 3.63) is 0 Å². The van der Waals surface area contributed by atoms with Crippen molar-refractivity contribution >= 4 is 6.09 Å². The van der Waals surface area contributed by atoms with Gasteiger partial charge in [0, 0.05) is 12.6 Å². The predicted octanol–water partition coefficient (Wildman–Crippen LogP) is 1.68. The van der Waals surface area contributed by atoms with Gasteiger partial charge in [0.05, 0.1) is 5.60 Å². The lowest BCUT2D eigenvalue weighted by molar-refractivity contribution is 0.0500. The van der Waals surface area contributed by atoms with Crippen LogP contribution in [0.4, 0.5) is 4.79 Å². The Bertz CT molecular complexity index is 263. The quantitative estimate of drug-likeness (QED) is 0.733. The number of carboxylic acid groups (broad SMARTS) is 1. The van der Waals surface area contributed by atoms with Gasteiger partial charge in [0.1, 0.15) is 0 Å². The van der Waals surface area contributed by atoms with Crippen LogP contribution in [0, 0.1) is 5.92 Å². The lowest BCUT2D eigenvalue weighted by Gasteiger charge is -2.37. The normalized spacial score (nSPS) is 33.9. The molecule has 2 rings (SSSR count). The van der Waals surface area contributed by atoms with Crippen LogP contribution in [0.5, 0.6) is 0 Å². The zero-order chi connectivity index (χ0) is 11.1. The van der Waals surface area contributed by atoms with Crippen LogP contribution in [0.15, 0.2) is 0 Å². The van der Waals surface area contributed by atoms with Gasteiger partial charge in [-0.1, -0.05) is 6.92 Å². The minimum absolute atomic E-state index is 0.0335. The molecule has 2 fully saturated rings. The first-order valence-electron chi connectivity index (χ1n) is 5.72. The summed E-state index contributed by atoms with van der Waals surface area (Å²) in [6.45, 7) is 2.70. The molecular weight excluding hydrogens is 194 g/mol. The average molecular weight is 213 g/mol. The van der Waals surface area contributed by atoms with E-state index in [1.54, 1.807) is 0 Å². The van der Waals surface area contributed by atoms with Crippen molar-refractivity contribution in [3.63, 3.8) is 0 Å². The third kappa shape index (κ3) is 2.43. The standard InChI is InChI=1S/C11H19NO3/c1-8-2-3-9(6-11(15)4-5-11)12(7-8)10(13)14/h8-9,15H,2-7H2,1H3,(H,13,14). The number of likely N-dealkylation sites (tertiary alicyclic amines) is 1. The van der Waals surface area contributed by atoms with Crippen LogP contribution in [0.3, 0.4) is 0 Å². The molecular formula is C11H19NO3. The van der Waals surface area contributed by atoms with Gasteiger partial charge < -0.3 is 15.1 Å². The fourth-order valence-corrected chi connectivity index (χ4v) is 2.44. The fraction of sp³-hybridized carbons (Fsp3) is 0.909. The highest BCUT2D eigenvalue weighted by Gasteiger charge is 2.44. The van der Waals surface area contributed by atoms with E-state index in [0.717, 1.165) is 25.7 Å². The molecule has 1 saturated carbocycles. The summed E-state index contributed by atoms with van der Waals surface area (Å²) in [4.78, 5) is 12.6. The minimum Gasteiger partial charge on any atom is -0.465 e. The highest BCUT2D eigenvalue weighted by Crippen LogP contribution is 2.42. The molecule has 1 heterocycles. The van der Waals surface area contributed by atoms with Gasteiger partial charge in [0.25, 0.3) is 0 Å². The third-order valence-corrected chi connectivity index (χ3v) is 3.63. The van der Waals surface area contributed by atoms with E-state index in [9.17, 15) is 9.90 Å².